The third-order valence-corrected chi connectivity index (χ3v) is 7.20. The number of hydrogen-bond donors (Lipinski definition) is 6. The van der Waals surface area contributed by atoms with Gasteiger partial charge < -0.3 is 30.6 Å². The highest BCUT2D eigenvalue weighted by Crippen LogP contribution is 2.60. The predicted molar refractivity (Wildman–Crippen MR) is 137 cm³/mol. The Morgan fingerprint density at radius 3 is 1.08 bits per heavy atom. The van der Waals surface area contributed by atoms with E-state index in [9.17, 15) is 40.2 Å². The van der Waals surface area contributed by atoms with Crippen molar-refractivity contribution in [2.45, 2.75) is 11.8 Å². The number of phenolic OH excluding ortho intramolecular Hbond substituents is 6. The average Bonchev–Trinajstić information content (AvgIpc) is 2.85. The summed E-state index contributed by atoms with van der Waals surface area (Å²) >= 11 is 0. The van der Waals surface area contributed by atoms with Crippen LogP contribution >= 0.6 is 0 Å². The molecule has 4 atom stereocenters. The third kappa shape index (κ3) is 4.26. The number of benzene rings is 4. The van der Waals surface area contributed by atoms with E-state index in [2.05, 4.69) is 0 Å². The van der Waals surface area contributed by atoms with Crippen LogP contribution in [0, 0.1) is 11.8 Å². The summed E-state index contributed by atoms with van der Waals surface area (Å²) in [6, 6.07) is 19.7. The van der Waals surface area contributed by atoms with E-state index in [-0.39, 0.29) is 34.1 Å². The van der Waals surface area contributed by atoms with Crippen LogP contribution in [-0.2, 0) is 0 Å². The Hall–Kier alpha value is -4.98. The fraction of sp³-hybridized carbons (Fsp3) is 0.133. The van der Waals surface area contributed by atoms with Gasteiger partial charge in [-0.1, -0.05) is 24.3 Å². The van der Waals surface area contributed by atoms with E-state index in [1.807, 2.05) is 0 Å². The summed E-state index contributed by atoms with van der Waals surface area (Å²) in [6.07, 6.45) is 0. The maximum absolute atomic E-state index is 13.9. The van der Waals surface area contributed by atoms with Crippen molar-refractivity contribution in [3.8, 4) is 34.5 Å². The van der Waals surface area contributed by atoms with Gasteiger partial charge in [0.2, 0.25) is 0 Å². The van der Waals surface area contributed by atoms with Crippen LogP contribution in [-0.4, -0.2) is 42.2 Å². The summed E-state index contributed by atoms with van der Waals surface area (Å²) < 4.78 is 0. The number of rotatable bonds is 6. The minimum atomic E-state index is -0.991. The molecule has 192 valence electrons. The predicted octanol–water partition coefficient (Wildman–Crippen LogP) is 4.80. The summed E-state index contributed by atoms with van der Waals surface area (Å²) in [5, 5.41) is 60.1. The number of aromatic hydroxyl groups is 6. The summed E-state index contributed by atoms with van der Waals surface area (Å²) in [5.41, 5.74) is 1.18. The van der Waals surface area contributed by atoms with E-state index in [0.717, 1.165) is 12.1 Å². The molecule has 0 amide bonds. The number of carbonyl (C=O) groups excluding carboxylic acids is 2. The van der Waals surface area contributed by atoms with E-state index >= 15 is 0 Å². The number of ketones is 2. The molecule has 0 spiro atoms. The first-order chi connectivity index (χ1) is 18.2. The van der Waals surface area contributed by atoms with E-state index in [0.29, 0.717) is 11.1 Å². The molecular formula is C30H24O8. The topological polar surface area (TPSA) is 156 Å². The van der Waals surface area contributed by atoms with Crippen LogP contribution in [0.3, 0.4) is 0 Å². The lowest BCUT2D eigenvalue weighted by Gasteiger charge is -2.51. The van der Waals surface area contributed by atoms with Gasteiger partial charge in [-0.15, -0.1) is 0 Å². The van der Waals surface area contributed by atoms with Gasteiger partial charge in [-0.25, -0.2) is 0 Å². The summed E-state index contributed by atoms with van der Waals surface area (Å²) in [4.78, 5) is 27.9. The van der Waals surface area contributed by atoms with Gasteiger partial charge in [0.15, 0.2) is 11.6 Å². The molecule has 1 aliphatic rings. The molecule has 8 heteroatoms. The number of phenols is 6. The number of Topliss-reactive ketones (excluding diaryl/α,β-unsaturated/α-hetero) is 2. The van der Waals surface area contributed by atoms with E-state index in [1.54, 1.807) is 24.3 Å². The van der Waals surface area contributed by atoms with Gasteiger partial charge in [0.05, 0.1) is 11.1 Å². The van der Waals surface area contributed by atoms with Gasteiger partial charge in [-0.2, -0.15) is 0 Å². The Morgan fingerprint density at radius 1 is 0.447 bits per heavy atom. The quantitative estimate of drug-likeness (QED) is 0.201. The Morgan fingerprint density at radius 2 is 0.763 bits per heavy atom. The zero-order chi connectivity index (χ0) is 27.1. The van der Waals surface area contributed by atoms with Crippen molar-refractivity contribution in [2.24, 2.45) is 11.8 Å². The van der Waals surface area contributed by atoms with E-state index < -0.39 is 46.7 Å². The van der Waals surface area contributed by atoms with Crippen molar-refractivity contribution in [2.75, 3.05) is 0 Å². The number of hydrogen-bond acceptors (Lipinski definition) is 8. The summed E-state index contributed by atoms with van der Waals surface area (Å²) in [5.74, 6) is -5.49. The van der Waals surface area contributed by atoms with Gasteiger partial charge in [0.1, 0.15) is 34.5 Å². The molecule has 1 aliphatic carbocycles. The molecule has 4 aromatic rings. The zero-order valence-corrected chi connectivity index (χ0v) is 19.9. The van der Waals surface area contributed by atoms with Crippen LogP contribution < -0.4 is 0 Å². The van der Waals surface area contributed by atoms with Crippen LogP contribution in [0.4, 0.5) is 0 Å². The molecule has 0 heterocycles. The molecule has 0 saturated heterocycles. The molecule has 0 radical (unpaired) electrons. The van der Waals surface area contributed by atoms with Crippen LogP contribution in [0.15, 0.2) is 84.9 Å². The van der Waals surface area contributed by atoms with Crippen LogP contribution in [0.2, 0.25) is 0 Å². The van der Waals surface area contributed by atoms with Crippen molar-refractivity contribution in [1.29, 1.82) is 0 Å². The molecule has 1 fully saturated rings. The SMILES string of the molecule is O=C(c1ccc(O)cc1O)[C@@H]1[C@@H](C(=O)c2ccc(O)cc2O)[C@H](c2ccc(O)cc2)[C@H]1c1ccc(O)cc1. The molecule has 0 aliphatic heterocycles. The second-order valence-electron chi connectivity index (χ2n) is 9.42. The highest BCUT2D eigenvalue weighted by molar-refractivity contribution is 6.09. The molecule has 0 aromatic heterocycles. The average molecular weight is 513 g/mol. The monoisotopic (exact) mass is 512 g/mol. The van der Waals surface area contributed by atoms with Crippen molar-refractivity contribution in [3.05, 3.63) is 107 Å². The Balaban J connectivity index is 1.68. The normalized spacial score (nSPS) is 20.4. The second kappa shape index (κ2) is 9.48. The maximum Gasteiger partial charge on any atom is 0.171 e. The molecular weight excluding hydrogens is 488 g/mol. The van der Waals surface area contributed by atoms with Crippen molar-refractivity contribution in [3.63, 3.8) is 0 Å². The molecule has 6 N–H and O–H groups in total. The van der Waals surface area contributed by atoms with Gasteiger partial charge >= 0.3 is 0 Å². The lowest BCUT2D eigenvalue weighted by Crippen LogP contribution is -2.51. The number of carbonyl (C=O) groups is 2. The minimum absolute atomic E-state index is 0.0231. The Labute approximate surface area is 217 Å². The van der Waals surface area contributed by atoms with Gasteiger partial charge in [-0.05, 0) is 59.7 Å². The fourth-order valence-corrected chi connectivity index (χ4v) is 5.44. The van der Waals surface area contributed by atoms with Gasteiger partial charge in [-0.3, -0.25) is 9.59 Å². The van der Waals surface area contributed by atoms with Crippen LogP contribution in [0.25, 0.3) is 0 Å². The standard InChI is InChI=1S/C30H24O8/c31-17-5-1-15(2-6-17)25-26(16-3-7-18(32)8-4-16)28(30(38)22-12-10-20(34)14-24(22)36)27(25)29(37)21-11-9-19(33)13-23(21)35/h1-14,25-28,31-36H/t25-,26-,27+,28+/m1/s1. The first-order valence-electron chi connectivity index (χ1n) is 11.9. The van der Waals surface area contributed by atoms with Gasteiger partial charge in [0, 0.05) is 35.8 Å². The smallest absolute Gasteiger partial charge is 0.171 e. The Kier molecular flexibility index (Phi) is 6.16. The lowest BCUT2D eigenvalue weighted by atomic mass is 9.49. The molecule has 1 saturated carbocycles. The lowest BCUT2D eigenvalue weighted by molar-refractivity contribution is 0.0452. The summed E-state index contributed by atoms with van der Waals surface area (Å²) in [6.45, 7) is 0. The van der Waals surface area contributed by atoms with Gasteiger partial charge in [0.25, 0.3) is 0 Å². The minimum Gasteiger partial charge on any atom is -0.508 e. The fourth-order valence-electron chi connectivity index (χ4n) is 5.44. The third-order valence-electron chi connectivity index (χ3n) is 7.20. The molecule has 38 heavy (non-hydrogen) atoms. The van der Waals surface area contributed by atoms with E-state index in [1.165, 1.54) is 48.5 Å². The van der Waals surface area contributed by atoms with Crippen molar-refractivity contribution >= 4 is 11.6 Å². The van der Waals surface area contributed by atoms with Crippen LogP contribution in [0.1, 0.15) is 43.7 Å². The Bertz CT molecular complexity index is 1410. The van der Waals surface area contributed by atoms with Crippen molar-refractivity contribution < 1.29 is 40.2 Å². The van der Waals surface area contributed by atoms with E-state index in [4.69, 9.17) is 0 Å². The highest BCUT2D eigenvalue weighted by atomic mass is 16.3. The molecule has 8 nitrogen and oxygen atoms in total. The second-order valence-corrected chi connectivity index (χ2v) is 9.42. The van der Waals surface area contributed by atoms with Crippen LogP contribution in [0.5, 0.6) is 34.5 Å². The zero-order valence-electron chi connectivity index (χ0n) is 19.9. The highest BCUT2D eigenvalue weighted by Gasteiger charge is 2.58. The molecule has 0 bridgehead atoms. The first kappa shape index (κ1) is 24.7. The first-order valence-corrected chi connectivity index (χ1v) is 11.9. The molecule has 4 aromatic carbocycles. The largest absolute Gasteiger partial charge is 0.508 e. The molecule has 0 unspecified atom stereocenters. The summed E-state index contributed by atoms with van der Waals surface area (Å²) in [7, 11) is 0. The van der Waals surface area contributed by atoms with Crippen molar-refractivity contribution in [1.82, 2.24) is 0 Å². The maximum atomic E-state index is 13.9. The molecule has 5 rings (SSSR count).